The average molecular weight is 294 g/mol. The van der Waals surface area contributed by atoms with Gasteiger partial charge in [-0.1, -0.05) is 0 Å². The van der Waals surface area contributed by atoms with Crippen LogP contribution in [0.4, 0.5) is 0 Å². The minimum atomic E-state index is -0.741. The van der Waals surface area contributed by atoms with E-state index in [-0.39, 0.29) is 5.91 Å². The second-order valence-corrected chi connectivity index (χ2v) is 6.10. The summed E-state index contributed by atoms with van der Waals surface area (Å²) in [6.45, 7) is 4.37. The lowest BCUT2D eigenvalue weighted by Crippen LogP contribution is -2.45. The minimum Gasteiger partial charge on any atom is -0.387 e. The predicted molar refractivity (Wildman–Crippen MR) is 74.3 cm³/mol. The summed E-state index contributed by atoms with van der Waals surface area (Å²) in [6, 6.07) is 0. The lowest BCUT2D eigenvalue weighted by atomic mass is 10.0. The Morgan fingerprint density at radius 2 is 2.10 bits per heavy atom. The summed E-state index contributed by atoms with van der Waals surface area (Å²) < 4.78 is 1.55. The summed E-state index contributed by atoms with van der Waals surface area (Å²) in [5.74, 6) is 0.0582. The van der Waals surface area contributed by atoms with Gasteiger partial charge in [-0.2, -0.15) is 0 Å². The Hall–Kier alpha value is -1.54. The van der Waals surface area contributed by atoms with Crippen LogP contribution >= 0.6 is 0 Å². The van der Waals surface area contributed by atoms with Crippen LogP contribution in [-0.4, -0.2) is 79.3 Å². The molecular weight excluding hydrogens is 272 g/mol. The van der Waals surface area contributed by atoms with E-state index in [1.165, 1.54) is 19.2 Å². The number of hydrogen-bond donors (Lipinski definition) is 1. The van der Waals surface area contributed by atoms with Crippen LogP contribution in [-0.2, 0) is 11.3 Å². The molecule has 0 radical (unpaired) electrons. The van der Waals surface area contributed by atoms with Crippen LogP contribution in [0.3, 0.4) is 0 Å². The van der Waals surface area contributed by atoms with Crippen molar-refractivity contribution >= 4 is 5.91 Å². The Bertz CT molecular complexity index is 473. The summed E-state index contributed by atoms with van der Waals surface area (Å²) in [6.07, 6.45) is 4.96. The molecule has 3 rings (SSSR count). The van der Waals surface area contributed by atoms with Crippen molar-refractivity contribution in [2.24, 2.45) is 0 Å². The molecule has 1 N–H and O–H groups in total. The third kappa shape index (κ3) is 3.56. The number of β-amino-alcohol motifs (C(OH)–C–C–N with tert-alkyl or cyclic N) is 1. The zero-order valence-corrected chi connectivity index (χ0v) is 12.2. The van der Waals surface area contributed by atoms with E-state index in [4.69, 9.17) is 0 Å². The second-order valence-electron chi connectivity index (χ2n) is 6.10. The predicted octanol–water partition coefficient (Wildman–Crippen LogP) is -0.878. The molecule has 3 heterocycles. The molecule has 0 aliphatic carbocycles. The van der Waals surface area contributed by atoms with Gasteiger partial charge in [0.15, 0.2) is 0 Å². The van der Waals surface area contributed by atoms with E-state index in [1.807, 2.05) is 0 Å². The normalized spacial score (nSPS) is 26.6. The number of carbonyl (C=O) groups is 1. The number of hydrogen-bond acceptors (Lipinski definition) is 6. The lowest BCUT2D eigenvalue weighted by molar-refractivity contribution is -0.131. The fraction of sp³-hybridized carbons (Fsp3) is 0.846. The van der Waals surface area contributed by atoms with Crippen molar-refractivity contribution in [2.45, 2.75) is 37.8 Å². The highest BCUT2D eigenvalue weighted by Gasteiger charge is 2.39. The van der Waals surface area contributed by atoms with Crippen LogP contribution in [0.5, 0.6) is 0 Å². The SMILES string of the molecule is O=C(CCn1cnnn1)N1CC[C@](O)(CN2CCCC2)C1. The second kappa shape index (κ2) is 6.07. The number of aryl methyl sites for hydroxylation is 1. The zero-order valence-electron chi connectivity index (χ0n) is 12.2. The standard InChI is InChI=1S/C13H22N6O2/c20-12(3-7-19-11-14-15-16-19)18-8-4-13(21,10-18)9-17-5-1-2-6-17/h11,21H,1-10H2/t13-/m0/s1. The van der Waals surface area contributed by atoms with Gasteiger partial charge in [0.1, 0.15) is 6.33 Å². The van der Waals surface area contributed by atoms with Crippen LogP contribution < -0.4 is 0 Å². The molecule has 2 aliphatic rings. The molecule has 0 bridgehead atoms. The van der Waals surface area contributed by atoms with Crippen LogP contribution in [0.2, 0.25) is 0 Å². The van der Waals surface area contributed by atoms with Crippen molar-refractivity contribution in [1.82, 2.24) is 30.0 Å². The molecule has 8 heteroatoms. The molecule has 2 aliphatic heterocycles. The minimum absolute atomic E-state index is 0.0582. The first-order chi connectivity index (χ1) is 10.1. The van der Waals surface area contributed by atoms with Gasteiger partial charge in [-0.05, 0) is 42.8 Å². The van der Waals surface area contributed by atoms with Crippen molar-refractivity contribution < 1.29 is 9.90 Å². The van der Waals surface area contributed by atoms with E-state index in [0.29, 0.717) is 39.0 Å². The van der Waals surface area contributed by atoms with E-state index < -0.39 is 5.60 Å². The van der Waals surface area contributed by atoms with Gasteiger partial charge < -0.3 is 14.9 Å². The summed E-state index contributed by atoms with van der Waals surface area (Å²) >= 11 is 0. The molecule has 1 aromatic rings. The van der Waals surface area contributed by atoms with Gasteiger partial charge in [0.05, 0.1) is 18.7 Å². The maximum atomic E-state index is 12.2. The van der Waals surface area contributed by atoms with Gasteiger partial charge in [0.2, 0.25) is 5.91 Å². The molecule has 116 valence electrons. The molecule has 0 aromatic carbocycles. The van der Waals surface area contributed by atoms with Crippen molar-refractivity contribution in [3.63, 3.8) is 0 Å². The number of rotatable bonds is 5. The Morgan fingerprint density at radius 3 is 2.81 bits per heavy atom. The first-order valence-electron chi connectivity index (χ1n) is 7.58. The van der Waals surface area contributed by atoms with E-state index >= 15 is 0 Å². The molecule has 1 aromatic heterocycles. The van der Waals surface area contributed by atoms with E-state index in [0.717, 1.165) is 13.1 Å². The molecule has 8 nitrogen and oxygen atoms in total. The van der Waals surface area contributed by atoms with Crippen LogP contribution in [0.1, 0.15) is 25.7 Å². The average Bonchev–Trinajstić information content (AvgIpc) is 3.18. The van der Waals surface area contributed by atoms with E-state index in [1.54, 1.807) is 9.58 Å². The maximum Gasteiger partial charge on any atom is 0.224 e. The van der Waals surface area contributed by atoms with Gasteiger partial charge in [-0.3, -0.25) is 4.79 Å². The zero-order chi connectivity index (χ0) is 14.7. The summed E-state index contributed by atoms with van der Waals surface area (Å²) in [7, 11) is 0. The summed E-state index contributed by atoms with van der Waals surface area (Å²) in [5, 5.41) is 21.5. The quantitative estimate of drug-likeness (QED) is 0.759. The van der Waals surface area contributed by atoms with Gasteiger partial charge in [-0.15, -0.1) is 5.10 Å². The number of nitrogens with zero attached hydrogens (tertiary/aromatic N) is 6. The van der Waals surface area contributed by atoms with E-state index in [9.17, 15) is 9.90 Å². The number of amides is 1. The highest BCUT2D eigenvalue weighted by molar-refractivity contribution is 5.76. The number of tetrazole rings is 1. The monoisotopic (exact) mass is 294 g/mol. The topological polar surface area (TPSA) is 87.4 Å². The summed E-state index contributed by atoms with van der Waals surface area (Å²) in [4.78, 5) is 16.2. The molecule has 21 heavy (non-hydrogen) atoms. The molecule has 1 atom stereocenters. The Kier molecular flexibility index (Phi) is 4.16. The van der Waals surface area contributed by atoms with Gasteiger partial charge in [0.25, 0.3) is 0 Å². The van der Waals surface area contributed by atoms with Crippen LogP contribution in [0.25, 0.3) is 0 Å². The van der Waals surface area contributed by atoms with Gasteiger partial charge in [-0.25, -0.2) is 4.68 Å². The number of likely N-dealkylation sites (tertiary alicyclic amines) is 2. The third-order valence-corrected chi connectivity index (χ3v) is 4.35. The molecule has 2 fully saturated rings. The molecule has 0 unspecified atom stereocenters. The van der Waals surface area contributed by atoms with Crippen LogP contribution in [0.15, 0.2) is 6.33 Å². The van der Waals surface area contributed by atoms with Gasteiger partial charge in [0, 0.05) is 19.5 Å². The Balaban J connectivity index is 1.47. The highest BCUT2D eigenvalue weighted by Crippen LogP contribution is 2.24. The molecule has 2 saturated heterocycles. The Morgan fingerprint density at radius 1 is 1.29 bits per heavy atom. The van der Waals surface area contributed by atoms with Gasteiger partial charge >= 0.3 is 0 Å². The maximum absolute atomic E-state index is 12.2. The van der Waals surface area contributed by atoms with Crippen LogP contribution in [0, 0.1) is 0 Å². The highest BCUT2D eigenvalue weighted by atomic mass is 16.3. The largest absolute Gasteiger partial charge is 0.387 e. The molecule has 0 saturated carbocycles. The lowest BCUT2D eigenvalue weighted by Gasteiger charge is -2.28. The van der Waals surface area contributed by atoms with E-state index in [2.05, 4.69) is 20.4 Å². The van der Waals surface area contributed by atoms with Crippen molar-refractivity contribution in [2.75, 3.05) is 32.7 Å². The fourth-order valence-corrected chi connectivity index (χ4v) is 3.21. The Labute approximate surface area is 123 Å². The smallest absolute Gasteiger partial charge is 0.224 e. The molecule has 1 amide bonds. The van der Waals surface area contributed by atoms with Crippen molar-refractivity contribution in [1.29, 1.82) is 0 Å². The molecular formula is C13H22N6O2. The fourth-order valence-electron chi connectivity index (χ4n) is 3.21. The van der Waals surface area contributed by atoms with Crippen molar-refractivity contribution in [3.8, 4) is 0 Å². The number of aliphatic hydroxyl groups is 1. The number of carbonyl (C=O) groups excluding carboxylic acids is 1. The molecule has 0 spiro atoms. The first-order valence-corrected chi connectivity index (χ1v) is 7.58. The third-order valence-electron chi connectivity index (χ3n) is 4.35. The van der Waals surface area contributed by atoms with Crippen molar-refractivity contribution in [3.05, 3.63) is 6.33 Å². The first kappa shape index (κ1) is 14.4. The summed E-state index contributed by atoms with van der Waals surface area (Å²) in [5.41, 5.74) is -0.741. The number of aromatic nitrogens is 4.